The van der Waals surface area contributed by atoms with Crippen molar-refractivity contribution in [1.29, 1.82) is 0 Å². The lowest BCUT2D eigenvalue weighted by Crippen LogP contribution is -2.53. The zero-order valence-electron chi connectivity index (χ0n) is 11.4. The molecule has 2 saturated heterocycles. The number of piperazine rings is 2. The molecule has 0 amide bonds. The topological polar surface area (TPSA) is 48.1 Å². The third-order valence-electron chi connectivity index (χ3n) is 3.64. The van der Waals surface area contributed by atoms with Gasteiger partial charge in [0, 0.05) is 61.9 Å². The lowest BCUT2D eigenvalue weighted by atomic mass is 10.2. The molecule has 2 rings (SSSR count). The van der Waals surface area contributed by atoms with Gasteiger partial charge in [-0.3, -0.25) is 0 Å². The highest BCUT2D eigenvalue weighted by Gasteiger charge is 2.24. The van der Waals surface area contributed by atoms with Crippen LogP contribution in [0.2, 0.25) is 0 Å². The normalized spacial score (nSPS) is 33.0. The Balaban J connectivity index is 1.66. The molecule has 2 aliphatic heterocycles. The van der Waals surface area contributed by atoms with Gasteiger partial charge in [-0.15, -0.1) is 0 Å². The molecule has 4 atom stereocenters. The Bertz CT molecular complexity index is 206. The Kier molecular flexibility index (Phi) is 6.61. The smallest absolute Gasteiger partial charge is 0.0317 e. The molecule has 4 N–H and O–H groups in total. The van der Waals surface area contributed by atoms with Crippen molar-refractivity contribution in [1.82, 2.24) is 21.3 Å². The molecule has 0 aromatic carbocycles. The van der Waals surface area contributed by atoms with Crippen LogP contribution in [-0.4, -0.2) is 61.9 Å². The van der Waals surface area contributed by atoms with Gasteiger partial charge in [-0.1, -0.05) is 35.4 Å². The Morgan fingerprint density at radius 2 is 1.22 bits per heavy atom. The molecule has 4 unspecified atom stereocenters. The first-order chi connectivity index (χ1) is 8.77. The van der Waals surface area contributed by atoms with Crippen molar-refractivity contribution in [2.45, 2.75) is 36.4 Å². The summed E-state index contributed by atoms with van der Waals surface area (Å²) in [6.45, 7) is 11.3. The second kappa shape index (κ2) is 7.97. The van der Waals surface area contributed by atoms with E-state index in [1.807, 2.05) is 21.6 Å². The molecule has 0 aromatic rings. The summed E-state index contributed by atoms with van der Waals surface area (Å²) < 4.78 is 0. The lowest BCUT2D eigenvalue weighted by molar-refractivity contribution is 0.415. The van der Waals surface area contributed by atoms with Gasteiger partial charge in [-0.05, 0) is 0 Å². The number of hydrogen-bond acceptors (Lipinski definition) is 6. The van der Waals surface area contributed by atoms with Crippen molar-refractivity contribution in [3.8, 4) is 0 Å². The molecule has 0 radical (unpaired) electrons. The van der Waals surface area contributed by atoms with Crippen molar-refractivity contribution in [3.63, 3.8) is 0 Å². The predicted molar refractivity (Wildman–Crippen MR) is 83.4 cm³/mol. The summed E-state index contributed by atoms with van der Waals surface area (Å²) in [4.78, 5) is 0. The lowest BCUT2D eigenvalue weighted by Gasteiger charge is -2.32. The van der Waals surface area contributed by atoms with Crippen LogP contribution in [0.15, 0.2) is 0 Å². The molecule has 106 valence electrons. The van der Waals surface area contributed by atoms with E-state index in [1.54, 1.807) is 0 Å². The van der Waals surface area contributed by atoms with Crippen LogP contribution in [-0.2, 0) is 0 Å². The fraction of sp³-hybridized carbons (Fsp3) is 1.00. The summed E-state index contributed by atoms with van der Waals surface area (Å²) in [5, 5.41) is 15.4. The van der Waals surface area contributed by atoms with E-state index in [1.165, 1.54) is 0 Å². The second-order valence-corrected chi connectivity index (χ2v) is 8.16. The summed E-state index contributed by atoms with van der Waals surface area (Å²) in [6.07, 6.45) is 0. The van der Waals surface area contributed by atoms with E-state index in [4.69, 9.17) is 0 Å². The van der Waals surface area contributed by atoms with Gasteiger partial charge < -0.3 is 21.3 Å². The molecule has 0 bridgehead atoms. The third kappa shape index (κ3) is 4.58. The van der Waals surface area contributed by atoms with Crippen LogP contribution in [0.5, 0.6) is 0 Å². The van der Waals surface area contributed by atoms with Crippen molar-refractivity contribution in [2.24, 2.45) is 0 Å². The molecule has 2 heterocycles. The van der Waals surface area contributed by atoms with Crippen molar-refractivity contribution >= 4 is 21.6 Å². The fourth-order valence-electron chi connectivity index (χ4n) is 2.32. The van der Waals surface area contributed by atoms with Gasteiger partial charge in [-0.25, -0.2) is 0 Å². The predicted octanol–water partition coefficient (Wildman–Crippen LogP) is 0.268. The SMILES string of the molecule is CC(SSC(C)C1CNCCN1)C1CNCCN1. The Morgan fingerprint density at radius 3 is 1.56 bits per heavy atom. The molecular formula is C12H26N4S2. The molecule has 4 nitrogen and oxygen atoms in total. The average molecular weight is 291 g/mol. The monoisotopic (exact) mass is 290 g/mol. The second-order valence-electron chi connectivity index (χ2n) is 5.13. The first kappa shape index (κ1) is 14.9. The van der Waals surface area contributed by atoms with E-state index in [2.05, 4.69) is 35.1 Å². The minimum Gasteiger partial charge on any atom is -0.314 e. The summed E-state index contributed by atoms with van der Waals surface area (Å²) in [7, 11) is 4.06. The van der Waals surface area contributed by atoms with Gasteiger partial charge in [0.15, 0.2) is 0 Å². The molecule has 2 fully saturated rings. The molecule has 6 heteroatoms. The molecule has 0 aliphatic carbocycles. The number of nitrogens with one attached hydrogen (secondary N) is 4. The maximum absolute atomic E-state index is 3.60. The van der Waals surface area contributed by atoms with E-state index >= 15 is 0 Å². The Labute approximate surface area is 119 Å². The zero-order chi connectivity index (χ0) is 12.8. The van der Waals surface area contributed by atoms with Gasteiger partial charge in [-0.2, -0.15) is 0 Å². The van der Waals surface area contributed by atoms with Crippen LogP contribution >= 0.6 is 21.6 Å². The first-order valence-corrected chi connectivity index (χ1v) is 9.25. The summed E-state index contributed by atoms with van der Waals surface area (Å²) in [6, 6.07) is 1.22. The molecule has 0 spiro atoms. The van der Waals surface area contributed by atoms with Gasteiger partial charge in [0.1, 0.15) is 0 Å². The maximum atomic E-state index is 3.60. The van der Waals surface area contributed by atoms with Crippen molar-refractivity contribution < 1.29 is 0 Å². The number of hydrogen-bond donors (Lipinski definition) is 4. The van der Waals surface area contributed by atoms with E-state index in [9.17, 15) is 0 Å². The molecule has 2 aliphatic rings. The van der Waals surface area contributed by atoms with Gasteiger partial charge in [0.25, 0.3) is 0 Å². The zero-order valence-corrected chi connectivity index (χ0v) is 13.0. The van der Waals surface area contributed by atoms with Crippen LogP contribution in [0.25, 0.3) is 0 Å². The van der Waals surface area contributed by atoms with Crippen molar-refractivity contribution in [3.05, 3.63) is 0 Å². The van der Waals surface area contributed by atoms with E-state index < -0.39 is 0 Å². The fourth-order valence-corrected chi connectivity index (χ4v) is 5.18. The average Bonchev–Trinajstić information content (AvgIpc) is 2.46. The van der Waals surface area contributed by atoms with E-state index in [0.717, 1.165) is 39.3 Å². The quantitative estimate of drug-likeness (QED) is 0.545. The molecule has 18 heavy (non-hydrogen) atoms. The minimum atomic E-state index is 0.612. The highest BCUT2D eigenvalue weighted by atomic mass is 33.1. The highest BCUT2D eigenvalue weighted by molar-refractivity contribution is 8.77. The van der Waals surface area contributed by atoms with Gasteiger partial charge in [0.05, 0.1) is 0 Å². The van der Waals surface area contributed by atoms with Crippen LogP contribution in [0.3, 0.4) is 0 Å². The minimum absolute atomic E-state index is 0.612. The summed E-state index contributed by atoms with van der Waals surface area (Å²) >= 11 is 0. The van der Waals surface area contributed by atoms with Crippen LogP contribution in [0.4, 0.5) is 0 Å². The highest BCUT2D eigenvalue weighted by Crippen LogP contribution is 2.34. The van der Waals surface area contributed by atoms with Gasteiger partial charge in [0.2, 0.25) is 0 Å². The van der Waals surface area contributed by atoms with Crippen molar-refractivity contribution in [2.75, 3.05) is 39.3 Å². The maximum Gasteiger partial charge on any atom is 0.0317 e. The Hall–Kier alpha value is 0.540. The standard InChI is InChI=1S/C12H26N4S2/c1-9(11-7-13-3-5-15-11)17-18-10(2)12-8-14-4-6-16-12/h9-16H,3-8H2,1-2H3. The van der Waals surface area contributed by atoms with Gasteiger partial charge >= 0.3 is 0 Å². The molecule has 0 aromatic heterocycles. The third-order valence-corrected chi connectivity index (χ3v) is 7.17. The summed E-state index contributed by atoms with van der Waals surface area (Å²) in [5.41, 5.74) is 0. The number of rotatable bonds is 5. The van der Waals surface area contributed by atoms with E-state index in [0.29, 0.717) is 22.6 Å². The Morgan fingerprint density at radius 1 is 0.778 bits per heavy atom. The molecule has 0 saturated carbocycles. The largest absolute Gasteiger partial charge is 0.314 e. The summed E-state index contributed by atoms with van der Waals surface area (Å²) in [5.74, 6) is 0. The molecular weight excluding hydrogens is 264 g/mol. The van der Waals surface area contributed by atoms with E-state index in [-0.39, 0.29) is 0 Å². The van der Waals surface area contributed by atoms with Crippen LogP contribution in [0, 0.1) is 0 Å². The van der Waals surface area contributed by atoms with Crippen LogP contribution in [0.1, 0.15) is 13.8 Å². The van der Waals surface area contributed by atoms with Crippen LogP contribution < -0.4 is 21.3 Å². The first-order valence-electron chi connectivity index (χ1n) is 6.97.